The Morgan fingerprint density at radius 2 is 0.255 bits per heavy atom. The molecule has 334 valence electrons. The summed E-state index contributed by atoms with van der Waals surface area (Å²) in [6.45, 7) is 2.30. The lowest BCUT2D eigenvalue weighted by Gasteiger charge is -2.47. The largest absolute Gasteiger partial charge is 0.460 e. The van der Waals surface area contributed by atoms with Crippen molar-refractivity contribution in [2.45, 2.75) is 122 Å². The van der Waals surface area contributed by atoms with Crippen molar-refractivity contribution in [3.8, 4) is 0 Å². The van der Waals surface area contributed by atoms with E-state index in [-0.39, 0.29) is 0 Å². The predicted octanol–water partition coefficient (Wildman–Crippen LogP) is 12.8. The minimum Gasteiger partial charge on any atom is -0.200 e. The molecule has 0 nitrogen and oxygen atoms in total. The second-order valence-corrected chi connectivity index (χ2v) is 10.0. The molecule has 0 aromatic heterocycles. The quantitative estimate of drug-likeness (QED) is 0.144. The first-order chi connectivity index (χ1) is 23.0. The van der Waals surface area contributed by atoms with E-state index in [1.807, 2.05) is 13.8 Å². The van der Waals surface area contributed by atoms with Crippen LogP contribution in [0.2, 0.25) is 0 Å². The van der Waals surface area contributed by atoms with Crippen molar-refractivity contribution in [3.63, 3.8) is 0 Å². The molecule has 0 fully saturated rings. The van der Waals surface area contributed by atoms with Gasteiger partial charge in [0.1, 0.15) is 0 Å². The summed E-state index contributed by atoms with van der Waals surface area (Å²) in [5.41, 5.74) is 0. The number of halogens is 35. The smallest absolute Gasteiger partial charge is 0.200 e. The van der Waals surface area contributed by atoms with Gasteiger partial charge in [0.15, 0.2) is 0 Å². The molecule has 0 heterocycles. The van der Waals surface area contributed by atoms with E-state index in [9.17, 15) is 154 Å². The lowest BCUT2D eigenvalue weighted by atomic mass is 9.82. The third-order valence-electron chi connectivity index (χ3n) is 6.43. The van der Waals surface area contributed by atoms with Gasteiger partial charge in [0.25, 0.3) is 0 Å². The van der Waals surface area contributed by atoms with Crippen LogP contribution in [0.25, 0.3) is 0 Å². The summed E-state index contributed by atoms with van der Waals surface area (Å²) in [4.78, 5) is 0. The second kappa shape index (κ2) is 13.3. The van der Waals surface area contributed by atoms with Gasteiger partial charge in [-0.2, -0.15) is 154 Å². The molecule has 0 aliphatic rings. The van der Waals surface area contributed by atoms with Crippen molar-refractivity contribution >= 4 is 0 Å². The molecule has 0 aliphatic carbocycles. The van der Waals surface area contributed by atoms with Crippen molar-refractivity contribution in [1.29, 1.82) is 0 Å². The molecule has 0 unspecified atom stereocenters. The topological polar surface area (TPSA) is 0 Å². The lowest BCUT2D eigenvalue weighted by molar-refractivity contribution is -0.492. The van der Waals surface area contributed by atoms with Crippen LogP contribution in [0.5, 0.6) is 0 Å². The standard InChI is InChI=1S/C18H3F35.C2H6/c1-2(19,20)3(21,22)4(23,24)5(25,26)6(27,28)7(29,30)8(31,32)9(33,34)10(35,36)11(37,38)12(39,40)13(41,42)14(43,44)15(45,46)16(47,48)17(49,50)18(51,52)53;1-2/h1H3;1-2H3. The van der Waals surface area contributed by atoms with Crippen LogP contribution < -0.4 is 0 Å². The average Bonchev–Trinajstić information content (AvgIpc) is 2.95. The van der Waals surface area contributed by atoms with Gasteiger partial charge in [-0.15, -0.1) is 0 Å². The van der Waals surface area contributed by atoms with Crippen LogP contribution in [-0.2, 0) is 0 Å². The summed E-state index contributed by atoms with van der Waals surface area (Å²) in [5, 5.41) is 0. The summed E-state index contributed by atoms with van der Waals surface area (Å²) >= 11 is 0. The van der Waals surface area contributed by atoms with Crippen molar-refractivity contribution in [3.05, 3.63) is 0 Å². The summed E-state index contributed by atoms with van der Waals surface area (Å²) in [6.07, 6.45) is -8.42. The highest BCUT2D eigenvalue weighted by molar-refractivity contribution is 5.22. The Kier molecular flexibility index (Phi) is 13.2. The van der Waals surface area contributed by atoms with E-state index >= 15 is 0 Å². The van der Waals surface area contributed by atoms with Crippen LogP contribution in [-0.4, -0.2) is 101 Å². The number of alkyl halides is 35. The fourth-order valence-corrected chi connectivity index (χ4v) is 3.02. The Balaban J connectivity index is 0. The number of hydrogen-bond donors (Lipinski definition) is 0. The molecule has 0 spiro atoms. The monoisotopic (exact) mass is 914 g/mol. The molecular weight excluding hydrogens is 905 g/mol. The summed E-state index contributed by atoms with van der Waals surface area (Å²) < 4.78 is 467. The first kappa shape index (κ1) is 54.6. The van der Waals surface area contributed by atoms with Crippen LogP contribution in [0.4, 0.5) is 154 Å². The first-order valence-electron chi connectivity index (χ1n) is 12.1. The molecule has 0 radical (unpaired) electrons. The minimum atomic E-state index is -10.3. The van der Waals surface area contributed by atoms with Crippen LogP contribution >= 0.6 is 0 Å². The maximum absolute atomic E-state index is 13.8. The Morgan fingerprint density at radius 1 is 0.164 bits per heavy atom. The third kappa shape index (κ3) is 6.32. The van der Waals surface area contributed by atoms with E-state index in [0.717, 1.165) is 0 Å². The molecule has 0 aromatic rings. The van der Waals surface area contributed by atoms with E-state index in [1.165, 1.54) is 0 Å². The third-order valence-corrected chi connectivity index (χ3v) is 6.43. The molecule has 0 aromatic carbocycles. The highest BCUT2D eigenvalue weighted by atomic mass is 19.4. The van der Waals surface area contributed by atoms with Crippen molar-refractivity contribution < 1.29 is 154 Å². The maximum atomic E-state index is 13.8. The van der Waals surface area contributed by atoms with Gasteiger partial charge in [-0.3, -0.25) is 0 Å². The number of rotatable bonds is 15. The lowest BCUT2D eigenvalue weighted by Crippen LogP contribution is -2.80. The van der Waals surface area contributed by atoms with Gasteiger partial charge in [-0.1, -0.05) is 13.8 Å². The molecule has 0 saturated heterocycles. The highest BCUT2D eigenvalue weighted by Gasteiger charge is 3.02. The molecule has 35 heteroatoms. The van der Waals surface area contributed by atoms with Gasteiger partial charge < -0.3 is 0 Å². The molecule has 0 saturated carbocycles. The van der Waals surface area contributed by atoms with E-state index in [2.05, 4.69) is 0 Å². The molecule has 0 aliphatic heterocycles. The summed E-state index contributed by atoms with van der Waals surface area (Å²) in [6, 6.07) is 0. The Morgan fingerprint density at radius 3 is 0.345 bits per heavy atom. The fraction of sp³-hybridized carbons (Fsp3) is 1.00. The molecule has 0 amide bonds. The molecular formula is C20H9F35. The molecule has 0 rings (SSSR count). The van der Waals surface area contributed by atoms with E-state index in [4.69, 9.17) is 0 Å². The van der Waals surface area contributed by atoms with Crippen molar-refractivity contribution in [1.82, 2.24) is 0 Å². The summed E-state index contributed by atoms with van der Waals surface area (Å²) in [5.74, 6) is -153. The van der Waals surface area contributed by atoms with Gasteiger partial charge in [-0.25, -0.2) is 0 Å². The van der Waals surface area contributed by atoms with Gasteiger partial charge in [-0.05, 0) is 0 Å². The molecule has 0 atom stereocenters. The minimum absolute atomic E-state index is 1.70. The van der Waals surface area contributed by atoms with Crippen molar-refractivity contribution in [2.75, 3.05) is 0 Å². The van der Waals surface area contributed by atoms with Crippen LogP contribution in [0, 0.1) is 0 Å². The van der Waals surface area contributed by atoms with Crippen LogP contribution in [0.3, 0.4) is 0 Å². The molecule has 0 bridgehead atoms. The van der Waals surface area contributed by atoms with Gasteiger partial charge >= 0.3 is 101 Å². The Bertz CT molecular complexity index is 1230. The van der Waals surface area contributed by atoms with Crippen molar-refractivity contribution in [2.24, 2.45) is 0 Å². The molecule has 55 heavy (non-hydrogen) atoms. The maximum Gasteiger partial charge on any atom is 0.460 e. The zero-order valence-corrected chi connectivity index (χ0v) is 24.7. The highest BCUT2D eigenvalue weighted by Crippen LogP contribution is 2.70. The van der Waals surface area contributed by atoms with Gasteiger partial charge in [0.05, 0.1) is 0 Å². The van der Waals surface area contributed by atoms with E-state index in [1.54, 1.807) is 0 Å². The normalized spacial score (nSPS) is 16.9. The Labute approximate surface area is 276 Å². The predicted molar refractivity (Wildman–Crippen MR) is 102 cm³/mol. The SMILES string of the molecule is CC.CC(F)(F)C(F)(F)C(F)(F)C(F)(F)C(F)(F)C(F)(F)C(F)(F)C(F)(F)C(F)(F)C(F)(F)C(F)(F)C(F)(F)C(F)(F)C(F)(F)C(F)(F)C(F)(F)C(F)(F)F. The zero-order valence-electron chi connectivity index (χ0n) is 24.7. The van der Waals surface area contributed by atoms with Crippen LogP contribution in [0.15, 0.2) is 0 Å². The summed E-state index contributed by atoms with van der Waals surface area (Å²) in [7, 11) is 0. The second-order valence-electron chi connectivity index (χ2n) is 10.0. The molecule has 0 N–H and O–H groups in total. The van der Waals surface area contributed by atoms with Gasteiger partial charge in [0, 0.05) is 6.92 Å². The van der Waals surface area contributed by atoms with E-state index < -0.39 is 108 Å². The first-order valence-corrected chi connectivity index (χ1v) is 12.1. The fourth-order valence-electron chi connectivity index (χ4n) is 3.02. The van der Waals surface area contributed by atoms with Crippen LogP contribution in [0.1, 0.15) is 20.8 Å². The number of hydrogen-bond acceptors (Lipinski definition) is 0. The van der Waals surface area contributed by atoms with Gasteiger partial charge in [0.2, 0.25) is 0 Å². The Hall–Kier alpha value is -2.45. The average molecular weight is 914 g/mol. The zero-order chi connectivity index (χ0) is 46.5. The van der Waals surface area contributed by atoms with E-state index in [0.29, 0.717) is 0 Å².